The summed E-state index contributed by atoms with van der Waals surface area (Å²) in [5.74, 6) is 0. The minimum atomic E-state index is -3.44. The lowest BCUT2D eigenvalue weighted by atomic mass is 9.81. The maximum Gasteiger partial charge on any atom is 0.171 e. The molecule has 0 amide bonds. The third-order valence-electron chi connectivity index (χ3n) is 3.69. The molecule has 0 spiro atoms. The third-order valence-corrected chi connectivity index (χ3v) is 5.14. The minimum Gasteiger partial charge on any atom is -0.302 e. The summed E-state index contributed by atoms with van der Waals surface area (Å²) in [6.07, 6.45) is 0. The molecule has 0 bridgehead atoms. The maximum absolute atomic E-state index is 12.1. The highest BCUT2D eigenvalue weighted by atomic mass is 32.8. The Kier molecular flexibility index (Phi) is 4.49. The molecule has 0 aliphatic rings. The molecule has 0 saturated carbocycles. The van der Waals surface area contributed by atoms with E-state index in [1.54, 1.807) is 6.07 Å². The van der Waals surface area contributed by atoms with Crippen molar-refractivity contribution in [2.24, 2.45) is 0 Å². The van der Waals surface area contributed by atoms with E-state index in [0.29, 0.717) is 4.90 Å². The summed E-state index contributed by atoms with van der Waals surface area (Å²) < 4.78 is 22.0. The van der Waals surface area contributed by atoms with Gasteiger partial charge in [0.15, 0.2) is 8.77 Å². The Labute approximate surface area is 138 Å². The lowest BCUT2D eigenvalue weighted by Crippen LogP contribution is -2.13. The van der Waals surface area contributed by atoms with Crippen LogP contribution in [0.4, 0.5) is 0 Å². The molecule has 0 aromatic heterocycles. The number of rotatable bonds is 2. The van der Waals surface area contributed by atoms with Crippen LogP contribution in [0.5, 0.6) is 0 Å². The molecule has 0 aliphatic carbocycles. The summed E-state index contributed by atoms with van der Waals surface area (Å²) in [4.78, 5) is 0.323. The van der Waals surface area contributed by atoms with Gasteiger partial charge >= 0.3 is 0 Å². The summed E-state index contributed by atoms with van der Waals surface area (Å²) in [7, 11) is -3.44. The second-order valence-corrected chi connectivity index (χ2v) is 9.52. The van der Waals surface area contributed by atoms with Crippen LogP contribution in [0.3, 0.4) is 0 Å². The van der Waals surface area contributed by atoms with Crippen molar-refractivity contribution in [1.29, 1.82) is 0 Å². The third kappa shape index (κ3) is 3.57. The summed E-state index contributed by atoms with van der Waals surface area (Å²) in [6, 6.07) is 11.7. The summed E-state index contributed by atoms with van der Waals surface area (Å²) >= 11 is 4.84. The minimum absolute atomic E-state index is 0.0676. The van der Waals surface area contributed by atoms with Crippen molar-refractivity contribution in [1.82, 2.24) is 0 Å². The van der Waals surface area contributed by atoms with Crippen molar-refractivity contribution in [2.45, 2.75) is 44.9 Å². The fraction of sp³-hybridized carbons (Fsp3) is 0.333. The molecule has 4 heteroatoms. The van der Waals surface area contributed by atoms with Gasteiger partial charge in [0.1, 0.15) is 0 Å². The molecular formula is C18H22O2S2. The van der Waals surface area contributed by atoms with Gasteiger partial charge in [-0.15, -0.1) is 0 Å². The van der Waals surface area contributed by atoms with Crippen LogP contribution in [0.2, 0.25) is 0 Å². The second kappa shape index (κ2) is 5.76. The molecule has 2 aromatic rings. The second-order valence-electron chi connectivity index (χ2n) is 6.77. The Balaban J connectivity index is 2.88. The van der Waals surface area contributed by atoms with Crippen LogP contribution in [0.15, 0.2) is 41.3 Å². The Morgan fingerprint density at radius 1 is 0.955 bits per heavy atom. The van der Waals surface area contributed by atoms with Gasteiger partial charge in [0.2, 0.25) is 0 Å². The first-order chi connectivity index (χ1) is 10.00. The first-order valence-corrected chi connectivity index (χ1v) is 9.64. The van der Waals surface area contributed by atoms with Crippen molar-refractivity contribution >= 4 is 20.0 Å². The highest BCUT2D eigenvalue weighted by Gasteiger charge is 2.22. The van der Waals surface area contributed by atoms with Crippen molar-refractivity contribution in [3.63, 3.8) is 0 Å². The highest BCUT2D eigenvalue weighted by Crippen LogP contribution is 2.37. The van der Waals surface area contributed by atoms with E-state index in [2.05, 4.69) is 39.0 Å². The van der Waals surface area contributed by atoms with Crippen LogP contribution in [-0.4, -0.2) is 8.76 Å². The number of benzene rings is 2. The predicted octanol–water partition coefficient (Wildman–Crippen LogP) is 4.85. The lowest BCUT2D eigenvalue weighted by Gasteiger charge is -2.24. The molecule has 118 valence electrons. The normalized spacial score (nSPS) is 14.6. The van der Waals surface area contributed by atoms with E-state index in [1.165, 1.54) is 0 Å². The smallest absolute Gasteiger partial charge is 0.171 e. The van der Waals surface area contributed by atoms with Crippen LogP contribution >= 0.6 is 0 Å². The van der Waals surface area contributed by atoms with Crippen molar-refractivity contribution in [3.8, 4) is 11.1 Å². The molecule has 0 heterocycles. The molecule has 0 saturated heterocycles. The molecular weight excluding hydrogens is 312 g/mol. The SMILES string of the molecule is Cc1ccc(C(C)(C)C)c(-c2cc(C)ccc2S(=O)(O)=S)c1. The zero-order valence-electron chi connectivity index (χ0n) is 13.6. The van der Waals surface area contributed by atoms with Gasteiger partial charge in [-0.3, -0.25) is 0 Å². The van der Waals surface area contributed by atoms with Crippen molar-refractivity contribution < 1.29 is 8.76 Å². The number of hydrogen-bond acceptors (Lipinski definition) is 2. The lowest BCUT2D eigenvalue weighted by molar-refractivity contribution is 0.561. The fourth-order valence-electron chi connectivity index (χ4n) is 2.61. The van der Waals surface area contributed by atoms with E-state index in [4.69, 9.17) is 11.2 Å². The van der Waals surface area contributed by atoms with E-state index < -0.39 is 8.77 Å². The van der Waals surface area contributed by atoms with Crippen molar-refractivity contribution in [3.05, 3.63) is 53.1 Å². The Bertz CT molecular complexity index is 813. The van der Waals surface area contributed by atoms with Gasteiger partial charge in [-0.05, 0) is 36.5 Å². The molecule has 22 heavy (non-hydrogen) atoms. The van der Waals surface area contributed by atoms with Crippen LogP contribution in [0.25, 0.3) is 11.1 Å². The summed E-state index contributed by atoms with van der Waals surface area (Å²) in [6.45, 7) is 10.4. The van der Waals surface area contributed by atoms with Crippen LogP contribution in [0, 0.1) is 13.8 Å². The average molecular weight is 335 g/mol. The summed E-state index contributed by atoms with van der Waals surface area (Å²) in [5, 5.41) is 0. The zero-order valence-corrected chi connectivity index (χ0v) is 15.3. The Hall–Kier alpha value is -1.23. The molecule has 1 unspecified atom stereocenters. The Morgan fingerprint density at radius 3 is 1.95 bits per heavy atom. The largest absolute Gasteiger partial charge is 0.302 e. The molecule has 1 atom stereocenters. The zero-order chi connectivity index (χ0) is 16.7. The van der Waals surface area contributed by atoms with Gasteiger partial charge in [0.05, 0.1) is 4.90 Å². The predicted molar refractivity (Wildman–Crippen MR) is 96.5 cm³/mol. The van der Waals surface area contributed by atoms with Crippen LogP contribution in [-0.2, 0) is 25.4 Å². The maximum atomic E-state index is 12.1. The Morgan fingerprint density at radius 2 is 1.45 bits per heavy atom. The van der Waals surface area contributed by atoms with Gasteiger partial charge < -0.3 is 4.55 Å². The molecule has 2 rings (SSSR count). The van der Waals surface area contributed by atoms with E-state index >= 15 is 0 Å². The van der Waals surface area contributed by atoms with Crippen LogP contribution in [0.1, 0.15) is 37.5 Å². The van der Waals surface area contributed by atoms with Gasteiger partial charge in [-0.25, -0.2) is 4.21 Å². The standard InChI is InChI=1S/C18H22O2S2/c1-12-6-8-16(18(3,4)5)14(10-12)15-11-13(2)7-9-17(15)22(19,20)21/h6-11H,1-5H3,(H,19,20,21). The van der Waals surface area contributed by atoms with E-state index in [1.807, 2.05) is 26.0 Å². The van der Waals surface area contributed by atoms with Gasteiger partial charge in [-0.2, -0.15) is 0 Å². The monoisotopic (exact) mass is 334 g/mol. The highest BCUT2D eigenvalue weighted by molar-refractivity contribution is 8.29. The molecule has 2 nitrogen and oxygen atoms in total. The number of hydrogen-bond donors (Lipinski definition) is 1. The van der Waals surface area contributed by atoms with E-state index in [0.717, 1.165) is 27.8 Å². The van der Waals surface area contributed by atoms with Crippen LogP contribution < -0.4 is 0 Å². The average Bonchev–Trinajstić information content (AvgIpc) is 2.35. The first-order valence-electron chi connectivity index (χ1n) is 7.20. The van der Waals surface area contributed by atoms with E-state index in [9.17, 15) is 8.76 Å². The topological polar surface area (TPSA) is 37.3 Å². The molecule has 0 radical (unpaired) electrons. The first kappa shape index (κ1) is 17.1. The molecule has 2 aromatic carbocycles. The molecule has 1 N–H and O–H groups in total. The van der Waals surface area contributed by atoms with Gasteiger partial charge in [0.25, 0.3) is 0 Å². The number of aryl methyl sites for hydroxylation is 2. The van der Waals surface area contributed by atoms with E-state index in [-0.39, 0.29) is 5.41 Å². The summed E-state index contributed by atoms with van der Waals surface area (Å²) in [5.41, 5.74) is 4.97. The molecule has 0 aliphatic heterocycles. The quantitative estimate of drug-likeness (QED) is 0.853. The fourth-order valence-corrected chi connectivity index (χ4v) is 3.74. The molecule has 0 fully saturated rings. The van der Waals surface area contributed by atoms with Crippen molar-refractivity contribution in [2.75, 3.05) is 0 Å². The van der Waals surface area contributed by atoms with Gasteiger partial charge in [0, 0.05) is 16.8 Å². The van der Waals surface area contributed by atoms with Gasteiger partial charge in [-0.1, -0.05) is 62.2 Å².